The normalized spacial score (nSPS) is 10.8. The number of nitrogens with two attached hydrogens (primary N) is 1. The summed E-state index contributed by atoms with van der Waals surface area (Å²) < 4.78 is 0. The van der Waals surface area contributed by atoms with Gasteiger partial charge in [0.15, 0.2) is 0 Å². The maximum atomic E-state index is 12.1. The van der Waals surface area contributed by atoms with Crippen LogP contribution in [0.25, 0.3) is 22.1 Å². The monoisotopic (exact) mass is 266 g/mol. The molecule has 0 bridgehead atoms. The summed E-state index contributed by atoms with van der Waals surface area (Å²) in [6.07, 6.45) is 0. The molecule has 0 atom stereocenters. The van der Waals surface area contributed by atoms with Crippen LogP contribution in [0.5, 0.6) is 0 Å². The van der Waals surface area contributed by atoms with Gasteiger partial charge in [0.25, 0.3) is 5.91 Å². The third-order valence-electron chi connectivity index (χ3n) is 3.04. The van der Waals surface area contributed by atoms with Crippen molar-refractivity contribution in [3.63, 3.8) is 0 Å². The second kappa shape index (κ2) is 5.22. The molecule has 0 saturated carbocycles. The summed E-state index contributed by atoms with van der Waals surface area (Å²) >= 11 is 0. The summed E-state index contributed by atoms with van der Waals surface area (Å²) in [6, 6.07) is 13.0. The van der Waals surface area contributed by atoms with E-state index in [9.17, 15) is 4.79 Å². The van der Waals surface area contributed by atoms with E-state index in [1.807, 2.05) is 36.4 Å². The maximum Gasteiger partial charge on any atom is 0.253 e. The molecule has 5 heteroatoms. The van der Waals surface area contributed by atoms with Crippen molar-refractivity contribution >= 4 is 28.0 Å². The first-order chi connectivity index (χ1) is 9.79. The molecule has 0 aliphatic carbocycles. The molecule has 1 heterocycles. The van der Waals surface area contributed by atoms with Gasteiger partial charge < -0.3 is 11.1 Å². The van der Waals surface area contributed by atoms with Gasteiger partial charge >= 0.3 is 0 Å². The van der Waals surface area contributed by atoms with Gasteiger partial charge in [-0.05, 0) is 24.3 Å². The minimum absolute atomic E-state index is 0.175. The fraction of sp³-hybridized carbons (Fsp3) is 0.133. The molecule has 3 N–H and O–H groups in total. The molecule has 0 saturated heterocycles. The number of amides is 1. The van der Waals surface area contributed by atoms with Crippen molar-refractivity contribution in [1.82, 2.24) is 15.3 Å². The summed E-state index contributed by atoms with van der Waals surface area (Å²) in [7, 11) is 0. The highest BCUT2D eigenvalue weighted by Crippen LogP contribution is 2.19. The molecule has 3 rings (SSSR count). The Kier molecular flexibility index (Phi) is 3.26. The molecule has 5 nitrogen and oxygen atoms in total. The first kappa shape index (κ1) is 12.5. The number of hydrogen-bond donors (Lipinski definition) is 2. The number of benzene rings is 2. The largest absolute Gasteiger partial charge is 0.351 e. The molecule has 0 radical (unpaired) electrons. The lowest BCUT2D eigenvalue weighted by atomic mass is 10.1. The topological polar surface area (TPSA) is 80.9 Å². The summed E-state index contributed by atoms with van der Waals surface area (Å²) in [6.45, 7) is 0.849. The molecule has 0 aliphatic rings. The van der Waals surface area contributed by atoms with Crippen LogP contribution < -0.4 is 11.1 Å². The van der Waals surface area contributed by atoms with Gasteiger partial charge in [-0.1, -0.05) is 18.2 Å². The zero-order chi connectivity index (χ0) is 13.9. The van der Waals surface area contributed by atoms with Gasteiger partial charge in [0.2, 0.25) is 0 Å². The molecule has 0 unspecified atom stereocenters. The van der Waals surface area contributed by atoms with Crippen LogP contribution in [0.4, 0.5) is 0 Å². The fourth-order valence-electron chi connectivity index (χ4n) is 2.11. The van der Waals surface area contributed by atoms with Gasteiger partial charge in [-0.3, -0.25) is 4.79 Å². The molecule has 20 heavy (non-hydrogen) atoms. The molecular weight excluding hydrogens is 252 g/mol. The molecule has 1 amide bonds. The Morgan fingerprint density at radius 3 is 2.45 bits per heavy atom. The Labute approximate surface area is 115 Å². The lowest BCUT2D eigenvalue weighted by Crippen LogP contribution is -2.29. The summed E-state index contributed by atoms with van der Waals surface area (Å²) in [4.78, 5) is 21.2. The minimum atomic E-state index is -0.175. The molecular formula is C15H14N4O. The molecule has 1 aromatic heterocycles. The number of nitrogens with one attached hydrogen (secondary N) is 1. The number of hydrogen-bond acceptors (Lipinski definition) is 4. The molecule has 0 aliphatic heterocycles. The van der Waals surface area contributed by atoms with E-state index in [1.54, 1.807) is 6.07 Å². The van der Waals surface area contributed by atoms with Crippen LogP contribution >= 0.6 is 0 Å². The number of aromatic nitrogens is 2. The van der Waals surface area contributed by atoms with Crippen LogP contribution in [0.15, 0.2) is 42.5 Å². The molecule has 3 aromatic rings. The Morgan fingerprint density at radius 2 is 1.70 bits per heavy atom. The highest BCUT2D eigenvalue weighted by atomic mass is 16.1. The quantitative estimate of drug-likeness (QED) is 0.703. The van der Waals surface area contributed by atoms with Gasteiger partial charge in [0.1, 0.15) is 5.52 Å². The number of carbonyl (C=O) groups excluding carboxylic acids is 1. The smallest absolute Gasteiger partial charge is 0.253 e. The predicted molar refractivity (Wildman–Crippen MR) is 78.4 cm³/mol. The summed E-state index contributed by atoms with van der Waals surface area (Å²) in [5.41, 5.74) is 8.84. The van der Waals surface area contributed by atoms with Crippen molar-refractivity contribution in [1.29, 1.82) is 0 Å². The first-order valence-electron chi connectivity index (χ1n) is 6.43. The van der Waals surface area contributed by atoms with Crippen LogP contribution in [0, 0.1) is 0 Å². The van der Waals surface area contributed by atoms with Crippen molar-refractivity contribution < 1.29 is 4.79 Å². The Bertz CT molecular complexity index is 785. The molecule has 2 aromatic carbocycles. The van der Waals surface area contributed by atoms with Crippen LogP contribution in [-0.4, -0.2) is 29.0 Å². The van der Waals surface area contributed by atoms with Gasteiger partial charge in [0, 0.05) is 13.1 Å². The van der Waals surface area contributed by atoms with Crippen molar-refractivity contribution in [2.75, 3.05) is 13.1 Å². The average Bonchev–Trinajstić information content (AvgIpc) is 2.50. The molecule has 0 fully saturated rings. The zero-order valence-corrected chi connectivity index (χ0v) is 10.8. The number of fused-ring (bicyclic) bond motifs is 2. The highest BCUT2D eigenvalue weighted by Gasteiger charge is 2.12. The van der Waals surface area contributed by atoms with E-state index < -0.39 is 0 Å². The van der Waals surface area contributed by atoms with Gasteiger partial charge in [0.05, 0.1) is 22.1 Å². The Hall–Kier alpha value is -2.53. The number of para-hydroxylation sites is 3. The second-order valence-corrected chi connectivity index (χ2v) is 4.43. The number of carbonyl (C=O) groups is 1. The lowest BCUT2D eigenvalue weighted by molar-refractivity contribution is 0.0956. The third-order valence-corrected chi connectivity index (χ3v) is 3.04. The van der Waals surface area contributed by atoms with Gasteiger partial charge in [-0.25, -0.2) is 9.97 Å². The first-order valence-corrected chi connectivity index (χ1v) is 6.43. The van der Waals surface area contributed by atoms with Crippen molar-refractivity contribution in [3.05, 3.63) is 48.0 Å². The maximum absolute atomic E-state index is 12.1. The standard InChI is InChI=1S/C15H14N4O/c16-8-9-17-15(20)10-4-3-7-13-14(10)19-12-6-2-1-5-11(12)18-13/h1-7H,8-9,16H2,(H,17,20). The van der Waals surface area contributed by atoms with Crippen LogP contribution in [0.3, 0.4) is 0 Å². The zero-order valence-electron chi connectivity index (χ0n) is 10.8. The van der Waals surface area contributed by atoms with Crippen molar-refractivity contribution in [3.8, 4) is 0 Å². The van der Waals surface area contributed by atoms with E-state index in [0.29, 0.717) is 29.7 Å². The Morgan fingerprint density at radius 1 is 1.00 bits per heavy atom. The molecule has 0 spiro atoms. The van der Waals surface area contributed by atoms with Crippen LogP contribution in [0.1, 0.15) is 10.4 Å². The third kappa shape index (κ3) is 2.19. The minimum Gasteiger partial charge on any atom is -0.351 e. The van der Waals surface area contributed by atoms with Crippen molar-refractivity contribution in [2.45, 2.75) is 0 Å². The average molecular weight is 266 g/mol. The Balaban J connectivity index is 2.17. The van der Waals surface area contributed by atoms with E-state index in [2.05, 4.69) is 15.3 Å². The second-order valence-electron chi connectivity index (χ2n) is 4.43. The van der Waals surface area contributed by atoms with Crippen molar-refractivity contribution in [2.24, 2.45) is 5.73 Å². The number of nitrogens with zero attached hydrogens (tertiary/aromatic N) is 2. The predicted octanol–water partition coefficient (Wildman–Crippen LogP) is 1.47. The number of rotatable bonds is 3. The van der Waals surface area contributed by atoms with Gasteiger partial charge in [-0.15, -0.1) is 0 Å². The fourth-order valence-corrected chi connectivity index (χ4v) is 2.11. The SMILES string of the molecule is NCCNC(=O)c1cccc2nc3ccccc3nc12. The van der Waals surface area contributed by atoms with E-state index >= 15 is 0 Å². The lowest BCUT2D eigenvalue weighted by Gasteiger charge is -2.07. The van der Waals surface area contributed by atoms with Crippen LogP contribution in [-0.2, 0) is 0 Å². The van der Waals surface area contributed by atoms with E-state index in [4.69, 9.17) is 5.73 Å². The van der Waals surface area contributed by atoms with E-state index in [0.717, 1.165) is 11.0 Å². The summed E-state index contributed by atoms with van der Waals surface area (Å²) in [5, 5.41) is 2.76. The summed E-state index contributed by atoms with van der Waals surface area (Å²) in [5.74, 6) is -0.175. The van der Waals surface area contributed by atoms with E-state index in [1.165, 1.54) is 0 Å². The van der Waals surface area contributed by atoms with Gasteiger partial charge in [-0.2, -0.15) is 0 Å². The van der Waals surface area contributed by atoms with Crippen LogP contribution in [0.2, 0.25) is 0 Å². The molecule has 100 valence electrons. The van der Waals surface area contributed by atoms with E-state index in [-0.39, 0.29) is 5.91 Å². The highest BCUT2D eigenvalue weighted by molar-refractivity contribution is 6.05.